The highest BCUT2D eigenvalue weighted by Gasteiger charge is 2.55. The number of rotatable bonds is 8. The van der Waals surface area contributed by atoms with Gasteiger partial charge < -0.3 is 18.9 Å². The van der Waals surface area contributed by atoms with E-state index in [1.807, 2.05) is 68.4 Å². The number of carbonyl (C=O) groups is 1. The third kappa shape index (κ3) is 4.69. The van der Waals surface area contributed by atoms with Crippen molar-refractivity contribution in [2.24, 2.45) is 0 Å². The Morgan fingerprint density at radius 3 is 1.63 bits per heavy atom. The van der Waals surface area contributed by atoms with E-state index in [-0.39, 0.29) is 43.2 Å². The Kier molecular flexibility index (Phi) is 6.60. The Labute approximate surface area is 207 Å². The van der Waals surface area contributed by atoms with Crippen LogP contribution < -0.4 is 0 Å². The molecule has 0 radical (unpaired) electrons. The number of Topliss-reactive ketones (excluding diaryl/α,β-unsaturated/α-hetero) is 1. The van der Waals surface area contributed by atoms with E-state index in [1.165, 1.54) is 0 Å². The van der Waals surface area contributed by atoms with Gasteiger partial charge in [-0.25, -0.2) is 0 Å². The van der Waals surface area contributed by atoms with Crippen LogP contribution in [0.15, 0.2) is 91.0 Å². The van der Waals surface area contributed by atoms with Gasteiger partial charge in [-0.15, -0.1) is 0 Å². The smallest absolute Gasteiger partial charge is 0.164 e. The molecule has 2 heterocycles. The monoisotopic (exact) mass is 472 g/mol. The summed E-state index contributed by atoms with van der Waals surface area (Å²) in [6, 6.07) is 30.7. The zero-order valence-corrected chi connectivity index (χ0v) is 20.4. The summed E-state index contributed by atoms with van der Waals surface area (Å²) in [6.45, 7) is 5.65. The molecule has 0 N–H and O–H groups in total. The fraction of sp³-hybridized carbons (Fsp3) is 0.367. The minimum absolute atomic E-state index is 0.0656. The number of fused-ring (bicyclic) bond motifs is 1. The molecular weight excluding hydrogens is 440 g/mol. The van der Waals surface area contributed by atoms with Gasteiger partial charge in [-0.3, -0.25) is 4.79 Å². The lowest BCUT2D eigenvalue weighted by molar-refractivity contribution is -0.196. The molecule has 2 fully saturated rings. The molecule has 5 nitrogen and oxygen atoms in total. The summed E-state index contributed by atoms with van der Waals surface area (Å²) in [4.78, 5) is 11.9. The summed E-state index contributed by atoms with van der Waals surface area (Å²) < 4.78 is 25.7. The molecule has 2 saturated heterocycles. The van der Waals surface area contributed by atoms with Gasteiger partial charge in [-0.2, -0.15) is 0 Å². The minimum Gasteiger partial charge on any atom is -0.366 e. The number of ketones is 1. The van der Waals surface area contributed by atoms with Crippen LogP contribution in [0.3, 0.4) is 0 Å². The Morgan fingerprint density at radius 2 is 1.20 bits per heavy atom. The summed E-state index contributed by atoms with van der Waals surface area (Å²) >= 11 is 0. The van der Waals surface area contributed by atoms with E-state index in [0.717, 1.165) is 16.7 Å². The van der Waals surface area contributed by atoms with E-state index < -0.39 is 11.4 Å². The molecule has 3 aromatic rings. The van der Waals surface area contributed by atoms with Gasteiger partial charge in [0, 0.05) is 6.42 Å². The molecule has 0 unspecified atom stereocenters. The first kappa shape index (κ1) is 23.9. The second kappa shape index (κ2) is 9.67. The molecule has 2 aliphatic heterocycles. The molecule has 2 aliphatic rings. The second-order valence-corrected chi connectivity index (χ2v) is 9.77. The van der Waals surface area contributed by atoms with Gasteiger partial charge in [0.25, 0.3) is 0 Å². The maximum Gasteiger partial charge on any atom is 0.164 e. The lowest BCUT2D eigenvalue weighted by Crippen LogP contribution is -2.39. The molecule has 4 atom stereocenters. The van der Waals surface area contributed by atoms with Crippen LogP contribution >= 0.6 is 0 Å². The summed E-state index contributed by atoms with van der Waals surface area (Å²) in [6.07, 6.45) is -1.05. The summed E-state index contributed by atoms with van der Waals surface area (Å²) in [5.41, 5.74) is 2.22. The zero-order valence-electron chi connectivity index (χ0n) is 20.4. The number of ether oxygens (including phenoxy) is 4. The SMILES string of the molecule is CC(=O)C[C@H]1O[C@H](COC(c2ccccc2)(c2ccccc2)c2ccccc2)[C@H]2OC(C)(C)O[C@H]21. The van der Waals surface area contributed by atoms with Crippen LogP contribution in [0, 0.1) is 0 Å². The van der Waals surface area contributed by atoms with Crippen molar-refractivity contribution in [3.63, 3.8) is 0 Å². The molecule has 35 heavy (non-hydrogen) atoms. The summed E-state index contributed by atoms with van der Waals surface area (Å²) in [5.74, 6) is -0.669. The predicted octanol–water partition coefficient (Wildman–Crippen LogP) is 5.26. The molecular formula is C30H32O5. The quantitative estimate of drug-likeness (QED) is 0.419. The van der Waals surface area contributed by atoms with E-state index in [2.05, 4.69) is 36.4 Å². The van der Waals surface area contributed by atoms with E-state index in [4.69, 9.17) is 18.9 Å². The Balaban J connectivity index is 1.53. The average Bonchev–Trinajstić information content (AvgIpc) is 3.34. The van der Waals surface area contributed by atoms with Gasteiger partial charge in [0.15, 0.2) is 5.79 Å². The molecule has 5 rings (SSSR count). The van der Waals surface area contributed by atoms with Crippen molar-refractivity contribution in [2.75, 3.05) is 6.61 Å². The Hall–Kier alpha value is -2.83. The lowest BCUT2D eigenvalue weighted by Gasteiger charge is -2.37. The summed E-state index contributed by atoms with van der Waals surface area (Å²) in [5, 5.41) is 0. The van der Waals surface area contributed by atoms with Crippen molar-refractivity contribution in [3.05, 3.63) is 108 Å². The highest BCUT2D eigenvalue weighted by Crippen LogP contribution is 2.44. The largest absolute Gasteiger partial charge is 0.366 e. The highest BCUT2D eigenvalue weighted by molar-refractivity contribution is 5.76. The van der Waals surface area contributed by atoms with Gasteiger partial charge in [0.05, 0.1) is 12.7 Å². The van der Waals surface area contributed by atoms with E-state index in [0.29, 0.717) is 0 Å². The van der Waals surface area contributed by atoms with Crippen LogP contribution in [0.25, 0.3) is 0 Å². The zero-order chi connectivity index (χ0) is 24.5. The van der Waals surface area contributed by atoms with Crippen LogP contribution in [0.5, 0.6) is 0 Å². The van der Waals surface area contributed by atoms with Gasteiger partial charge in [0.2, 0.25) is 0 Å². The molecule has 182 valence electrons. The Morgan fingerprint density at radius 1 is 0.771 bits per heavy atom. The summed E-state index contributed by atoms with van der Waals surface area (Å²) in [7, 11) is 0. The van der Waals surface area contributed by atoms with Crippen molar-refractivity contribution < 1.29 is 23.7 Å². The number of hydrogen-bond acceptors (Lipinski definition) is 5. The number of benzene rings is 3. The molecule has 0 aromatic heterocycles. The van der Waals surface area contributed by atoms with Crippen LogP contribution in [0.2, 0.25) is 0 Å². The number of hydrogen-bond donors (Lipinski definition) is 0. The first-order valence-corrected chi connectivity index (χ1v) is 12.2. The van der Waals surface area contributed by atoms with E-state index in [9.17, 15) is 4.79 Å². The maximum atomic E-state index is 11.9. The molecule has 0 amide bonds. The first-order chi connectivity index (χ1) is 16.9. The minimum atomic E-state index is -0.851. The molecule has 0 bridgehead atoms. The standard InChI is InChI=1S/C30H32O5/c1-21(31)19-25-27-28(35-29(2,3)34-27)26(33-25)20-32-30(22-13-7-4-8-14-22,23-15-9-5-10-16-23)24-17-11-6-12-18-24/h4-18,25-28H,19-20H2,1-3H3/t25-,26-,27+,28-/m1/s1. The first-order valence-electron chi connectivity index (χ1n) is 12.2. The third-order valence-corrected chi connectivity index (χ3v) is 6.74. The molecule has 3 aromatic carbocycles. The topological polar surface area (TPSA) is 54.0 Å². The van der Waals surface area contributed by atoms with Crippen molar-refractivity contribution in [1.82, 2.24) is 0 Å². The van der Waals surface area contributed by atoms with Gasteiger partial charge in [-0.1, -0.05) is 91.0 Å². The fourth-order valence-corrected chi connectivity index (χ4v) is 5.33. The van der Waals surface area contributed by atoms with Crippen LogP contribution in [0.1, 0.15) is 43.9 Å². The maximum absolute atomic E-state index is 11.9. The average molecular weight is 473 g/mol. The van der Waals surface area contributed by atoms with Crippen LogP contribution in [-0.2, 0) is 29.3 Å². The van der Waals surface area contributed by atoms with Gasteiger partial charge in [0.1, 0.15) is 29.7 Å². The van der Waals surface area contributed by atoms with Crippen LogP contribution in [-0.4, -0.2) is 42.6 Å². The number of carbonyl (C=O) groups excluding carboxylic acids is 1. The van der Waals surface area contributed by atoms with E-state index >= 15 is 0 Å². The van der Waals surface area contributed by atoms with Crippen molar-refractivity contribution in [2.45, 2.75) is 63.0 Å². The second-order valence-electron chi connectivity index (χ2n) is 9.77. The van der Waals surface area contributed by atoms with Crippen LogP contribution in [0.4, 0.5) is 0 Å². The van der Waals surface area contributed by atoms with Gasteiger partial charge >= 0.3 is 0 Å². The van der Waals surface area contributed by atoms with Crippen molar-refractivity contribution in [1.29, 1.82) is 0 Å². The Bertz CT molecular complexity index is 1030. The molecule has 5 heteroatoms. The lowest BCUT2D eigenvalue weighted by atomic mass is 9.80. The highest BCUT2D eigenvalue weighted by atomic mass is 16.8. The molecule has 0 aliphatic carbocycles. The molecule has 0 saturated carbocycles. The van der Waals surface area contributed by atoms with Gasteiger partial charge in [-0.05, 0) is 37.5 Å². The van der Waals surface area contributed by atoms with E-state index in [1.54, 1.807) is 6.92 Å². The fourth-order valence-electron chi connectivity index (χ4n) is 5.33. The predicted molar refractivity (Wildman–Crippen MR) is 133 cm³/mol. The molecule has 0 spiro atoms. The van der Waals surface area contributed by atoms with Crippen molar-refractivity contribution in [3.8, 4) is 0 Å². The third-order valence-electron chi connectivity index (χ3n) is 6.74. The van der Waals surface area contributed by atoms with Crippen molar-refractivity contribution >= 4 is 5.78 Å². The normalized spacial score (nSPS) is 25.3.